The summed E-state index contributed by atoms with van der Waals surface area (Å²) >= 11 is 0. The molecule has 0 unspecified atom stereocenters. The van der Waals surface area contributed by atoms with Crippen molar-refractivity contribution in [2.45, 2.75) is 39.3 Å². The van der Waals surface area contributed by atoms with E-state index >= 15 is 0 Å². The van der Waals surface area contributed by atoms with E-state index in [0.717, 1.165) is 6.54 Å². The van der Waals surface area contributed by atoms with E-state index in [0.29, 0.717) is 17.0 Å². The van der Waals surface area contributed by atoms with Gasteiger partial charge in [0.15, 0.2) is 0 Å². The lowest BCUT2D eigenvalue weighted by molar-refractivity contribution is 0.0374. The highest BCUT2D eigenvalue weighted by atomic mass is 16.4. The number of rotatable bonds is 4. The summed E-state index contributed by atoms with van der Waals surface area (Å²) in [5.41, 5.74) is 2.02. The molecule has 0 aliphatic heterocycles. The number of carboxylic acids is 1. The third kappa shape index (κ3) is 2.91. The second-order valence-electron chi connectivity index (χ2n) is 6.14. The lowest BCUT2D eigenvalue weighted by Gasteiger charge is -2.47. The van der Waals surface area contributed by atoms with Crippen molar-refractivity contribution in [1.29, 1.82) is 0 Å². The number of aromatic carboxylic acids is 1. The van der Waals surface area contributed by atoms with Crippen LogP contribution in [-0.4, -0.2) is 29.1 Å². The molecular weight excluding hydrogens is 226 g/mol. The van der Waals surface area contributed by atoms with E-state index in [4.69, 9.17) is 5.11 Å². The summed E-state index contributed by atoms with van der Waals surface area (Å²) in [6, 6.07) is 7.83. The summed E-state index contributed by atoms with van der Waals surface area (Å²) in [6.07, 6.45) is 2.49. The second kappa shape index (κ2) is 4.73. The van der Waals surface area contributed by atoms with Gasteiger partial charge in [-0.15, -0.1) is 0 Å². The zero-order chi connectivity index (χ0) is 13.3. The lowest BCUT2D eigenvalue weighted by Crippen LogP contribution is -2.46. The highest BCUT2D eigenvalue weighted by Crippen LogP contribution is 2.42. The van der Waals surface area contributed by atoms with Gasteiger partial charge in [0.2, 0.25) is 0 Å². The van der Waals surface area contributed by atoms with Crippen molar-refractivity contribution in [2.75, 3.05) is 7.05 Å². The van der Waals surface area contributed by atoms with Crippen LogP contribution in [0.4, 0.5) is 0 Å². The number of hydrogen-bond donors (Lipinski definition) is 1. The molecule has 1 aromatic rings. The molecule has 3 heteroatoms. The van der Waals surface area contributed by atoms with Gasteiger partial charge in [0.05, 0.1) is 5.56 Å². The minimum atomic E-state index is -0.865. The molecule has 0 aromatic heterocycles. The van der Waals surface area contributed by atoms with Gasteiger partial charge >= 0.3 is 5.97 Å². The molecule has 1 N–H and O–H groups in total. The standard InChI is InChI=1S/C15H21NO2/c1-15(2)8-13(9-15)16(3)10-11-4-6-12(7-5-11)14(17)18/h4-7,13H,8-10H2,1-3H3,(H,17,18). The summed E-state index contributed by atoms with van der Waals surface area (Å²) in [5, 5.41) is 8.84. The molecular formula is C15H21NO2. The van der Waals surface area contributed by atoms with E-state index in [2.05, 4.69) is 25.8 Å². The summed E-state index contributed by atoms with van der Waals surface area (Å²) in [4.78, 5) is 13.1. The Hall–Kier alpha value is -1.35. The average molecular weight is 247 g/mol. The van der Waals surface area contributed by atoms with E-state index in [1.54, 1.807) is 12.1 Å². The van der Waals surface area contributed by atoms with Crippen molar-refractivity contribution < 1.29 is 9.90 Å². The Balaban J connectivity index is 1.91. The van der Waals surface area contributed by atoms with Crippen LogP contribution in [0.1, 0.15) is 42.6 Å². The van der Waals surface area contributed by atoms with Crippen molar-refractivity contribution in [3.05, 3.63) is 35.4 Å². The van der Waals surface area contributed by atoms with Gasteiger partial charge in [-0.2, -0.15) is 0 Å². The third-order valence-corrected chi connectivity index (χ3v) is 3.83. The van der Waals surface area contributed by atoms with Crippen LogP contribution in [0.25, 0.3) is 0 Å². The molecule has 98 valence electrons. The molecule has 0 bridgehead atoms. The summed E-state index contributed by atoms with van der Waals surface area (Å²) in [6.45, 7) is 5.50. The molecule has 0 radical (unpaired) electrons. The number of benzene rings is 1. The molecule has 18 heavy (non-hydrogen) atoms. The van der Waals surface area contributed by atoms with Gasteiger partial charge in [0.25, 0.3) is 0 Å². The SMILES string of the molecule is CN(Cc1ccc(C(=O)O)cc1)C1CC(C)(C)C1. The van der Waals surface area contributed by atoms with Crippen LogP contribution >= 0.6 is 0 Å². The molecule has 1 aromatic carbocycles. The van der Waals surface area contributed by atoms with Gasteiger partial charge in [-0.3, -0.25) is 4.90 Å². The molecule has 0 saturated heterocycles. The van der Waals surface area contributed by atoms with Gasteiger partial charge in [-0.25, -0.2) is 4.79 Å². The lowest BCUT2D eigenvalue weighted by atomic mass is 9.68. The van der Waals surface area contributed by atoms with Crippen molar-refractivity contribution >= 4 is 5.97 Å². The smallest absolute Gasteiger partial charge is 0.335 e. The maximum Gasteiger partial charge on any atom is 0.335 e. The molecule has 1 aliphatic carbocycles. The van der Waals surface area contributed by atoms with E-state index in [1.807, 2.05) is 12.1 Å². The molecule has 1 fully saturated rings. The Morgan fingerprint density at radius 1 is 1.33 bits per heavy atom. The van der Waals surface area contributed by atoms with Gasteiger partial charge in [0, 0.05) is 12.6 Å². The molecule has 0 atom stereocenters. The average Bonchev–Trinajstić information content (AvgIpc) is 2.26. The van der Waals surface area contributed by atoms with Crippen LogP contribution < -0.4 is 0 Å². The first-order valence-corrected chi connectivity index (χ1v) is 6.40. The van der Waals surface area contributed by atoms with Gasteiger partial charge < -0.3 is 5.11 Å². The predicted molar refractivity (Wildman–Crippen MR) is 71.7 cm³/mol. The third-order valence-electron chi connectivity index (χ3n) is 3.83. The van der Waals surface area contributed by atoms with Gasteiger partial charge in [0.1, 0.15) is 0 Å². The minimum Gasteiger partial charge on any atom is -0.478 e. The molecule has 0 amide bonds. The first-order valence-electron chi connectivity index (χ1n) is 6.40. The normalized spacial score (nSPS) is 18.7. The fourth-order valence-electron chi connectivity index (χ4n) is 2.70. The van der Waals surface area contributed by atoms with Gasteiger partial charge in [-0.05, 0) is 43.0 Å². The summed E-state index contributed by atoms with van der Waals surface area (Å²) in [7, 11) is 2.14. The quantitative estimate of drug-likeness (QED) is 0.889. The molecule has 0 heterocycles. The van der Waals surface area contributed by atoms with E-state index < -0.39 is 5.97 Å². The van der Waals surface area contributed by atoms with Crippen molar-refractivity contribution in [1.82, 2.24) is 4.90 Å². The molecule has 1 saturated carbocycles. The molecule has 3 nitrogen and oxygen atoms in total. The Bertz CT molecular complexity index is 428. The van der Waals surface area contributed by atoms with E-state index in [1.165, 1.54) is 18.4 Å². The fraction of sp³-hybridized carbons (Fsp3) is 0.533. The Morgan fingerprint density at radius 2 is 1.89 bits per heavy atom. The number of hydrogen-bond acceptors (Lipinski definition) is 2. The highest BCUT2D eigenvalue weighted by molar-refractivity contribution is 5.87. The van der Waals surface area contributed by atoms with Crippen LogP contribution in [0.5, 0.6) is 0 Å². The van der Waals surface area contributed by atoms with Crippen LogP contribution in [0, 0.1) is 5.41 Å². The summed E-state index contributed by atoms with van der Waals surface area (Å²) in [5.74, 6) is -0.865. The largest absolute Gasteiger partial charge is 0.478 e. The van der Waals surface area contributed by atoms with Crippen LogP contribution in [0.15, 0.2) is 24.3 Å². The zero-order valence-electron chi connectivity index (χ0n) is 11.3. The van der Waals surface area contributed by atoms with Crippen molar-refractivity contribution in [2.24, 2.45) is 5.41 Å². The van der Waals surface area contributed by atoms with Crippen molar-refractivity contribution in [3.63, 3.8) is 0 Å². The fourth-order valence-corrected chi connectivity index (χ4v) is 2.70. The first-order chi connectivity index (χ1) is 8.37. The van der Waals surface area contributed by atoms with Gasteiger partial charge in [-0.1, -0.05) is 26.0 Å². The van der Waals surface area contributed by atoms with E-state index in [-0.39, 0.29) is 0 Å². The predicted octanol–water partition coefficient (Wildman–Crippen LogP) is 3.01. The van der Waals surface area contributed by atoms with Crippen LogP contribution in [0.2, 0.25) is 0 Å². The summed E-state index contributed by atoms with van der Waals surface area (Å²) < 4.78 is 0. The molecule has 2 rings (SSSR count). The Morgan fingerprint density at radius 3 is 2.33 bits per heavy atom. The first kappa shape index (κ1) is 13.1. The number of carboxylic acid groups (broad SMARTS) is 1. The molecule has 1 aliphatic rings. The minimum absolute atomic E-state index is 0.353. The topological polar surface area (TPSA) is 40.5 Å². The zero-order valence-corrected chi connectivity index (χ0v) is 11.3. The Kier molecular flexibility index (Phi) is 3.44. The maximum atomic E-state index is 10.8. The molecule has 0 spiro atoms. The second-order valence-corrected chi connectivity index (χ2v) is 6.14. The maximum absolute atomic E-state index is 10.8. The Labute approximate surface area is 108 Å². The van der Waals surface area contributed by atoms with Crippen molar-refractivity contribution in [3.8, 4) is 0 Å². The number of nitrogens with zero attached hydrogens (tertiary/aromatic N) is 1. The van der Waals surface area contributed by atoms with Crippen LogP contribution in [0.3, 0.4) is 0 Å². The monoisotopic (exact) mass is 247 g/mol. The number of carbonyl (C=O) groups is 1. The van der Waals surface area contributed by atoms with Crippen LogP contribution in [-0.2, 0) is 6.54 Å². The van der Waals surface area contributed by atoms with E-state index in [9.17, 15) is 4.79 Å². The highest BCUT2D eigenvalue weighted by Gasteiger charge is 2.37.